The number of nitrogens with one attached hydrogen (secondary N) is 1. The molecule has 1 saturated heterocycles. The molecule has 190 valence electrons. The number of anilines is 2. The van der Waals surface area contributed by atoms with Gasteiger partial charge in [0.15, 0.2) is 0 Å². The molecule has 2 heterocycles. The van der Waals surface area contributed by atoms with E-state index in [2.05, 4.69) is 22.1 Å². The first-order valence-corrected chi connectivity index (χ1v) is 12.1. The van der Waals surface area contributed by atoms with Crippen LogP contribution in [0.15, 0.2) is 48.5 Å². The Kier molecular flexibility index (Phi) is 7.68. The van der Waals surface area contributed by atoms with E-state index in [0.29, 0.717) is 43.4 Å². The summed E-state index contributed by atoms with van der Waals surface area (Å²) in [6, 6.07) is 12.1. The monoisotopic (exact) mass is 517 g/mol. The molecule has 10 heteroatoms. The zero-order valence-electron chi connectivity index (χ0n) is 20.1. The van der Waals surface area contributed by atoms with Gasteiger partial charge in [-0.2, -0.15) is 13.2 Å². The Balaban J connectivity index is 1.50. The Labute approximate surface area is 213 Å². The van der Waals surface area contributed by atoms with Gasteiger partial charge in [-0.1, -0.05) is 42.8 Å². The lowest BCUT2D eigenvalue weighted by atomic mass is 10.0. The van der Waals surface area contributed by atoms with Gasteiger partial charge < -0.3 is 15.1 Å². The number of nitrogens with zero attached hydrogens (tertiary/aromatic N) is 4. The summed E-state index contributed by atoms with van der Waals surface area (Å²) in [5.74, 6) is 1.50. The third-order valence-corrected chi connectivity index (χ3v) is 6.40. The largest absolute Gasteiger partial charge is 0.418 e. The quantitative estimate of drug-likeness (QED) is 0.453. The summed E-state index contributed by atoms with van der Waals surface area (Å²) >= 11 is 6.04. The van der Waals surface area contributed by atoms with Crippen molar-refractivity contribution in [3.05, 3.63) is 81.8 Å². The molecular weight excluding hydrogens is 491 g/mol. The van der Waals surface area contributed by atoms with E-state index in [1.807, 2.05) is 31.2 Å². The highest BCUT2D eigenvalue weighted by Gasteiger charge is 2.34. The Morgan fingerprint density at radius 2 is 1.69 bits per heavy atom. The number of rotatable bonds is 5. The maximum absolute atomic E-state index is 13.3. The molecule has 1 aliphatic rings. The fourth-order valence-corrected chi connectivity index (χ4v) is 4.46. The lowest BCUT2D eigenvalue weighted by Gasteiger charge is -2.36. The standard InChI is InChI=1S/C26H27ClF3N5O/c1-3-22-20(16-18-8-10-19(27)11-9-18)24(32-17(2)31-22)34-12-14-35(15-13-34)25(36)33-23-7-5-4-6-21(23)26(28,29)30/h4-11H,3,12-16H2,1-2H3,(H,33,36). The predicted octanol–water partition coefficient (Wildman–Crippen LogP) is 5.96. The van der Waals surface area contributed by atoms with Crippen molar-refractivity contribution < 1.29 is 18.0 Å². The number of aryl methyl sites for hydroxylation is 2. The zero-order valence-corrected chi connectivity index (χ0v) is 20.8. The molecule has 3 aromatic rings. The highest BCUT2D eigenvalue weighted by Crippen LogP contribution is 2.34. The van der Waals surface area contributed by atoms with Gasteiger partial charge in [0.1, 0.15) is 11.6 Å². The molecule has 6 nitrogen and oxygen atoms in total. The summed E-state index contributed by atoms with van der Waals surface area (Å²) in [7, 11) is 0. The Morgan fingerprint density at radius 3 is 2.33 bits per heavy atom. The number of carbonyl (C=O) groups excluding carboxylic acids is 1. The van der Waals surface area contributed by atoms with Crippen LogP contribution in [0.1, 0.15) is 35.1 Å². The van der Waals surface area contributed by atoms with Crippen LogP contribution in [0.4, 0.5) is 29.5 Å². The molecule has 0 bridgehead atoms. The third kappa shape index (κ3) is 5.90. The number of halogens is 4. The lowest BCUT2D eigenvalue weighted by Crippen LogP contribution is -2.50. The van der Waals surface area contributed by atoms with Crippen molar-refractivity contribution in [2.75, 3.05) is 36.4 Å². The van der Waals surface area contributed by atoms with Gasteiger partial charge in [0.25, 0.3) is 0 Å². The number of urea groups is 1. The van der Waals surface area contributed by atoms with E-state index in [0.717, 1.165) is 35.1 Å². The van der Waals surface area contributed by atoms with Crippen LogP contribution in [0, 0.1) is 6.92 Å². The predicted molar refractivity (Wildman–Crippen MR) is 135 cm³/mol. The van der Waals surface area contributed by atoms with Crippen LogP contribution in [0.3, 0.4) is 0 Å². The van der Waals surface area contributed by atoms with E-state index >= 15 is 0 Å². The van der Waals surface area contributed by atoms with Crippen LogP contribution < -0.4 is 10.2 Å². The van der Waals surface area contributed by atoms with Crippen molar-refractivity contribution in [1.29, 1.82) is 0 Å². The van der Waals surface area contributed by atoms with Crippen molar-refractivity contribution in [2.45, 2.75) is 32.9 Å². The fourth-order valence-electron chi connectivity index (χ4n) is 4.33. The normalized spacial score (nSPS) is 14.2. The van der Waals surface area contributed by atoms with Gasteiger partial charge in [-0.25, -0.2) is 14.8 Å². The third-order valence-electron chi connectivity index (χ3n) is 6.15. The van der Waals surface area contributed by atoms with Gasteiger partial charge in [-0.3, -0.25) is 0 Å². The topological polar surface area (TPSA) is 61.4 Å². The highest BCUT2D eigenvalue weighted by molar-refractivity contribution is 6.30. The first-order chi connectivity index (χ1) is 17.2. The minimum atomic E-state index is -4.55. The number of hydrogen-bond acceptors (Lipinski definition) is 4. The summed E-state index contributed by atoms with van der Waals surface area (Å²) in [6.45, 7) is 5.62. The smallest absolute Gasteiger partial charge is 0.353 e. The molecule has 1 aliphatic heterocycles. The molecule has 0 atom stereocenters. The fraction of sp³-hybridized carbons (Fsp3) is 0.346. The molecule has 1 fully saturated rings. The van der Waals surface area contributed by atoms with Gasteiger partial charge in [-0.15, -0.1) is 0 Å². The van der Waals surface area contributed by atoms with Gasteiger partial charge in [0.05, 0.1) is 11.3 Å². The number of benzene rings is 2. The Hall–Kier alpha value is -3.33. The minimum absolute atomic E-state index is 0.248. The summed E-state index contributed by atoms with van der Waals surface area (Å²) in [5, 5.41) is 3.10. The van der Waals surface area contributed by atoms with Crippen LogP contribution in [-0.4, -0.2) is 47.1 Å². The maximum atomic E-state index is 13.3. The number of para-hydroxylation sites is 1. The average Bonchev–Trinajstić information content (AvgIpc) is 2.86. The molecule has 0 unspecified atom stereocenters. The van der Waals surface area contributed by atoms with E-state index < -0.39 is 17.8 Å². The molecular formula is C26H27ClF3N5O. The van der Waals surface area contributed by atoms with E-state index in [4.69, 9.17) is 16.6 Å². The van der Waals surface area contributed by atoms with E-state index in [9.17, 15) is 18.0 Å². The second-order valence-corrected chi connectivity index (χ2v) is 9.06. The van der Waals surface area contributed by atoms with Crippen LogP contribution in [0.5, 0.6) is 0 Å². The first kappa shape index (κ1) is 25.8. The van der Waals surface area contributed by atoms with Crippen molar-refractivity contribution in [1.82, 2.24) is 14.9 Å². The van der Waals surface area contributed by atoms with E-state index in [-0.39, 0.29) is 5.69 Å². The molecule has 0 radical (unpaired) electrons. The van der Waals surface area contributed by atoms with Crippen LogP contribution in [0.25, 0.3) is 0 Å². The highest BCUT2D eigenvalue weighted by atomic mass is 35.5. The first-order valence-electron chi connectivity index (χ1n) is 11.7. The van der Waals surface area contributed by atoms with E-state index in [1.54, 1.807) is 0 Å². The van der Waals surface area contributed by atoms with Crippen molar-refractivity contribution in [3.63, 3.8) is 0 Å². The number of amides is 2. The number of piperazine rings is 1. The van der Waals surface area contributed by atoms with Crippen LogP contribution >= 0.6 is 11.6 Å². The molecule has 1 N–H and O–H groups in total. The summed E-state index contributed by atoms with van der Waals surface area (Å²) in [6.07, 6.45) is -3.16. The number of alkyl halides is 3. The molecule has 0 saturated carbocycles. The molecule has 0 spiro atoms. The molecule has 4 rings (SSSR count). The Morgan fingerprint density at radius 1 is 1.03 bits per heavy atom. The molecule has 0 aliphatic carbocycles. The van der Waals surface area contributed by atoms with Gasteiger partial charge >= 0.3 is 12.2 Å². The van der Waals surface area contributed by atoms with Gasteiger partial charge in [-0.05, 0) is 43.2 Å². The summed E-state index contributed by atoms with van der Waals surface area (Å²) in [5.41, 5.74) is 1.97. The minimum Gasteiger partial charge on any atom is -0.353 e. The van der Waals surface area contributed by atoms with E-state index in [1.165, 1.54) is 23.1 Å². The van der Waals surface area contributed by atoms with Gasteiger partial charge in [0, 0.05) is 48.9 Å². The lowest BCUT2D eigenvalue weighted by molar-refractivity contribution is -0.136. The van der Waals surface area contributed by atoms with Crippen molar-refractivity contribution in [2.24, 2.45) is 0 Å². The number of carbonyl (C=O) groups is 1. The number of hydrogen-bond donors (Lipinski definition) is 1. The summed E-state index contributed by atoms with van der Waals surface area (Å²) in [4.78, 5) is 25.8. The van der Waals surface area contributed by atoms with Gasteiger partial charge in [0.2, 0.25) is 0 Å². The summed E-state index contributed by atoms with van der Waals surface area (Å²) < 4.78 is 39.9. The molecule has 1 aromatic heterocycles. The zero-order chi connectivity index (χ0) is 25.9. The van der Waals surface area contributed by atoms with Crippen LogP contribution in [0.2, 0.25) is 5.02 Å². The van der Waals surface area contributed by atoms with Crippen LogP contribution in [-0.2, 0) is 19.0 Å². The molecule has 2 aromatic carbocycles. The second-order valence-electron chi connectivity index (χ2n) is 8.62. The molecule has 2 amide bonds. The number of aromatic nitrogens is 2. The second kappa shape index (κ2) is 10.7. The molecule has 36 heavy (non-hydrogen) atoms. The average molecular weight is 518 g/mol. The SMILES string of the molecule is CCc1nc(C)nc(N2CCN(C(=O)Nc3ccccc3C(F)(F)F)CC2)c1Cc1ccc(Cl)cc1. The van der Waals surface area contributed by atoms with Crippen molar-refractivity contribution >= 4 is 29.1 Å². The van der Waals surface area contributed by atoms with Crippen molar-refractivity contribution in [3.8, 4) is 0 Å². The maximum Gasteiger partial charge on any atom is 0.418 e. The Bertz CT molecular complexity index is 1230.